The van der Waals surface area contributed by atoms with Crippen LogP contribution in [0.25, 0.3) is 0 Å². The van der Waals surface area contributed by atoms with Gasteiger partial charge in [0.2, 0.25) is 0 Å². The molecule has 3 N–H and O–H groups in total. The molecule has 154 valence electrons. The number of carbonyl (C=O) groups is 2. The van der Waals surface area contributed by atoms with E-state index in [2.05, 4.69) is 0 Å². The Morgan fingerprint density at radius 3 is 2.64 bits per heavy atom. The Hall–Kier alpha value is -1.44. The SMILES string of the molecule is C[C@]12C=CC(=O)C=C1CC[C@H]1[C@@H]3CC(F)[C@](O)(C(=O)CO)[C@@]3(C)CC(O)[C@@]12F. The first-order chi connectivity index (χ1) is 13.0. The number of aliphatic hydroxyl groups is 3. The molecule has 4 aliphatic carbocycles. The predicted molar refractivity (Wildman–Crippen MR) is 95.7 cm³/mol. The summed E-state index contributed by atoms with van der Waals surface area (Å²) >= 11 is 0. The second kappa shape index (κ2) is 5.80. The van der Waals surface area contributed by atoms with Crippen molar-refractivity contribution in [3.05, 3.63) is 23.8 Å². The number of aliphatic hydroxyl groups excluding tert-OH is 2. The lowest BCUT2D eigenvalue weighted by molar-refractivity contribution is -0.220. The fourth-order valence-electron chi connectivity index (χ4n) is 6.80. The van der Waals surface area contributed by atoms with Crippen molar-refractivity contribution in [3.63, 3.8) is 0 Å². The van der Waals surface area contributed by atoms with E-state index in [9.17, 15) is 29.3 Å². The van der Waals surface area contributed by atoms with Crippen LogP contribution < -0.4 is 0 Å². The van der Waals surface area contributed by atoms with Gasteiger partial charge in [-0.15, -0.1) is 0 Å². The molecule has 0 aliphatic heterocycles. The van der Waals surface area contributed by atoms with Crippen LogP contribution >= 0.6 is 0 Å². The van der Waals surface area contributed by atoms with Crippen LogP contribution in [0.1, 0.15) is 39.5 Å². The number of rotatable bonds is 2. The molecule has 3 fully saturated rings. The maximum Gasteiger partial charge on any atom is 0.193 e. The van der Waals surface area contributed by atoms with Crippen LogP contribution in [-0.4, -0.2) is 57.0 Å². The summed E-state index contributed by atoms with van der Waals surface area (Å²) in [5.74, 6) is -2.73. The lowest BCUT2D eigenvalue weighted by atomic mass is 9.44. The fourth-order valence-corrected chi connectivity index (χ4v) is 6.80. The van der Waals surface area contributed by atoms with E-state index in [0.29, 0.717) is 12.0 Å². The van der Waals surface area contributed by atoms with E-state index in [1.165, 1.54) is 25.2 Å². The van der Waals surface area contributed by atoms with Gasteiger partial charge in [-0.25, -0.2) is 8.78 Å². The Morgan fingerprint density at radius 2 is 2.00 bits per heavy atom. The fraction of sp³-hybridized carbons (Fsp3) is 0.714. The van der Waals surface area contributed by atoms with Crippen LogP contribution in [0.5, 0.6) is 0 Å². The number of alkyl halides is 2. The molecule has 0 radical (unpaired) electrons. The van der Waals surface area contributed by atoms with E-state index >= 15 is 4.39 Å². The minimum atomic E-state index is -2.45. The second-order valence-electron chi connectivity index (χ2n) is 9.32. The van der Waals surface area contributed by atoms with Crippen LogP contribution in [0.15, 0.2) is 23.8 Å². The highest BCUT2D eigenvalue weighted by atomic mass is 19.1. The van der Waals surface area contributed by atoms with Gasteiger partial charge in [-0.05, 0) is 50.7 Å². The third-order valence-electron chi connectivity index (χ3n) is 8.38. The van der Waals surface area contributed by atoms with Crippen LogP contribution in [0, 0.1) is 22.7 Å². The molecule has 28 heavy (non-hydrogen) atoms. The molecule has 3 saturated carbocycles. The summed E-state index contributed by atoms with van der Waals surface area (Å²) in [5, 5.41) is 31.3. The van der Waals surface area contributed by atoms with Gasteiger partial charge in [-0.1, -0.05) is 18.6 Å². The lowest BCUT2D eigenvalue weighted by Crippen LogP contribution is -2.69. The van der Waals surface area contributed by atoms with Crippen molar-refractivity contribution in [2.24, 2.45) is 22.7 Å². The van der Waals surface area contributed by atoms with Crippen LogP contribution in [0.3, 0.4) is 0 Å². The van der Waals surface area contributed by atoms with Gasteiger partial charge in [-0.2, -0.15) is 0 Å². The number of Topliss-reactive ketones (excluding diaryl/α,β-unsaturated/α-hetero) is 1. The molecule has 4 rings (SSSR count). The molecule has 0 saturated heterocycles. The van der Waals surface area contributed by atoms with Crippen molar-refractivity contribution in [3.8, 4) is 0 Å². The van der Waals surface area contributed by atoms with Crippen LogP contribution in [-0.2, 0) is 9.59 Å². The Morgan fingerprint density at radius 1 is 1.32 bits per heavy atom. The minimum Gasteiger partial charge on any atom is -0.390 e. The number of fused-ring (bicyclic) bond motifs is 5. The van der Waals surface area contributed by atoms with Gasteiger partial charge in [0.15, 0.2) is 22.8 Å². The molecule has 4 aliphatic rings. The second-order valence-corrected chi connectivity index (χ2v) is 9.32. The number of hydrogen-bond acceptors (Lipinski definition) is 5. The van der Waals surface area contributed by atoms with Crippen molar-refractivity contribution in [2.45, 2.75) is 63.1 Å². The number of ketones is 2. The molecule has 0 heterocycles. The highest BCUT2D eigenvalue weighted by Gasteiger charge is 2.76. The van der Waals surface area contributed by atoms with E-state index in [1.807, 2.05) is 0 Å². The summed E-state index contributed by atoms with van der Waals surface area (Å²) in [6.45, 7) is 2.14. The Labute approximate surface area is 162 Å². The minimum absolute atomic E-state index is 0.209. The highest BCUT2D eigenvalue weighted by Crippen LogP contribution is 2.70. The standard InChI is InChI=1S/C21H26F2O5/c1-18-6-5-12(25)7-11(18)3-4-13-14-8-15(22)21(28,17(27)10-24)19(14,2)9-16(26)20(13,18)23/h5-7,13-16,24,26,28H,3-4,8-10H2,1-2H3/t13-,14-,15?,16?,18-,19-,20-,21-/m0/s1. The summed E-state index contributed by atoms with van der Waals surface area (Å²) in [7, 11) is 0. The number of allylic oxidation sites excluding steroid dienone is 4. The summed E-state index contributed by atoms with van der Waals surface area (Å²) in [6.07, 6.45) is 0.895. The number of halogens is 2. The summed E-state index contributed by atoms with van der Waals surface area (Å²) in [4.78, 5) is 24.1. The van der Waals surface area contributed by atoms with E-state index in [0.717, 1.165) is 0 Å². The zero-order chi connectivity index (χ0) is 20.7. The molecule has 0 spiro atoms. The maximum atomic E-state index is 16.7. The Bertz CT molecular complexity index is 809. The lowest BCUT2D eigenvalue weighted by Gasteiger charge is -2.62. The first kappa shape index (κ1) is 19.9. The predicted octanol–water partition coefficient (Wildman–Crippen LogP) is 1.60. The number of carbonyl (C=O) groups excluding carboxylic acids is 2. The monoisotopic (exact) mass is 396 g/mol. The van der Waals surface area contributed by atoms with Gasteiger partial charge in [0.25, 0.3) is 0 Å². The van der Waals surface area contributed by atoms with Crippen LogP contribution in [0.4, 0.5) is 8.78 Å². The molecule has 0 amide bonds. The Kier molecular flexibility index (Phi) is 4.11. The smallest absolute Gasteiger partial charge is 0.193 e. The molecule has 7 heteroatoms. The molecule has 2 unspecified atom stereocenters. The van der Waals surface area contributed by atoms with E-state index < -0.39 is 58.6 Å². The van der Waals surface area contributed by atoms with E-state index in [1.54, 1.807) is 6.92 Å². The quantitative estimate of drug-likeness (QED) is 0.659. The van der Waals surface area contributed by atoms with Crippen molar-refractivity contribution < 1.29 is 33.7 Å². The normalized spacial score (nSPS) is 52.5. The summed E-state index contributed by atoms with van der Waals surface area (Å²) < 4.78 is 31.7. The molecule has 0 bridgehead atoms. The van der Waals surface area contributed by atoms with Gasteiger partial charge in [0.1, 0.15) is 12.8 Å². The van der Waals surface area contributed by atoms with Crippen molar-refractivity contribution in [1.29, 1.82) is 0 Å². The van der Waals surface area contributed by atoms with Crippen LogP contribution in [0.2, 0.25) is 0 Å². The third-order valence-corrected chi connectivity index (χ3v) is 8.38. The average molecular weight is 396 g/mol. The van der Waals surface area contributed by atoms with Gasteiger partial charge in [-0.3, -0.25) is 9.59 Å². The molecule has 0 aromatic carbocycles. The summed E-state index contributed by atoms with van der Waals surface area (Å²) in [5.41, 5.74) is -6.59. The van der Waals surface area contributed by atoms with Gasteiger partial charge in [0, 0.05) is 16.7 Å². The van der Waals surface area contributed by atoms with Crippen molar-refractivity contribution >= 4 is 11.6 Å². The van der Waals surface area contributed by atoms with Crippen molar-refractivity contribution in [2.75, 3.05) is 6.61 Å². The molecular formula is C21H26F2O5. The third kappa shape index (κ3) is 2.00. The number of hydrogen-bond donors (Lipinski definition) is 3. The zero-order valence-corrected chi connectivity index (χ0v) is 16.0. The first-order valence-corrected chi connectivity index (χ1v) is 9.78. The van der Waals surface area contributed by atoms with Gasteiger partial charge >= 0.3 is 0 Å². The van der Waals surface area contributed by atoms with Crippen molar-refractivity contribution in [1.82, 2.24) is 0 Å². The van der Waals surface area contributed by atoms with Gasteiger partial charge < -0.3 is 15.3 Å². The Balaban J connectivity index is 1.84. The molecule has 0 aromatic rings. The molecule has 0 aromatic heterocycles. The topological polar surface area (TPSA) is 94.8 Å². The molecular weight excluding hydrogens is 370 g/mol. The van der Waals surface area contributed by atoms with E-state index in [4.69, 9.17) is 0 Å². The average Bonchev–Trinajstić information content (AvgIpc) is 2.84. The largest absolute Gasteiger partial charge is 0.390 e. The van der Waals surface area contributed by atoms with E-state index in [-0.39, 0.29) is 25.0 Å². The highest BCUT2D eigenvalue weighted by molar-refractivity contribution is 6.01. The maximum absolute atomic E-state index is 16.7. The summed E-state index contributed by atoms with van der Waals surface area (Å²) in [6, 6.07) is 0. The first-order valence-electron chi connectivity index (χ1n) is 9.78. The molecule has 8 atom stereocenters. The zero-order valence-electron chi connectivity index (χ0n) is 16.0. The molecule has 5 nitrogen and oxygen atoms in total. The van der Waals surface area contributed by atoms with Gasteiger partial charge in [0.05, 0.1) is 6.10 Å².